The van der Waals surface area contributed by atoms with E-state index in [1.165, 1.54) is 0 Å². The molecule has 0 bridgehead atoms. The second kappa shape index (κ2) is 9.96. The van der Waals surface area contributed by atoms with Crippen LogP contribution in [0.5, 0.6) is 0 Å². The monoisotopic (exact) mass is 190 g/mol. The third-order valence-electron chi connectivity index (χ3n) is 1.77. The van der Waals surface area contributed by atoms with E-state index >= 15 is 0 Å². The lowest BCUT2D eigenvalue weighted by Gasteiger charge is -2.09. The van der Waals surface area contributed by atoms with E-state index in [1.54, 1.807) is 0 Å². The first kappa shape index (κ1) is 12.9. The lowest BCUT2D eigenvalue weighted by Crippen LogP contribution is -2.16. The summed E-state index contributed by atoms with van der Waals surface area (Å²) in [6.07, 6.45) is 1.57. The second-order valence-corrected chi connectivity index (χ2v) is 2.90. The van der Waals surface area contributed by atoms with Crippen molar-refractivity contribution in [2.24, 2.45) is 0 Å². The SMILES string of the molecule is C1COCCO1.CCOC(C)CC. The molecule has 1 heterocycles. The maximum absolute atomic E-state index is 5.19. The molecule has 0 radical (unpaired) electrons. The molecular formula is C10H22O3. The summed E-state index contributed by atoms with van der Waals surface area (Å²) in [7, 11) is 0. The molecule has 1 saturated heterocycles. The molecule has 0 N–H and O–H groups in total. The van der Waals surface area contributed by atoms with Crippen LogP contribution in [-0.4, -0.2) is 39.1 Å². The zero-order chi connectivity index (χ0) is 9.94. The summed E-state index contributed by atoms with van der Waals surface area (Å²) in [6.45, 7) is 10.2. The van der Waals surface area contributed by atoms with E-state index in [0.717, 1.165) is 39.5 Å². The molecular weight excluding hydrogens is 168 g/mol. The molecule has 1 aliphatic heterocycles. The van der Waals surface area contributed by atoms with Crippen LogP contribution in [0.2, 0.25) is 0 Å². The average Bonchev–Trinajstić information content (AvgIpc) is 2.22. The molecule has 80 valence electrons. The van der Waals surface area contributed by atoms with Gasteiger partial charge in [0.25, 0.3) is 0 Å². The van der Waals surface area contributed by atoms with Crippen molar-refractivity contribution in [3.63, 3.8) is 0 Å². The molecule has 3 nitrogen and oxygen atoms in total. The molecule has 1 unspecified atom stereocenters. The third kappa shape index (κ3) is 9.80. The molecule has 0 aromatic carbocycles. The predicted octanol–water partition coefficient (Wildman–Crippen LogP) is 1.85. The van der Waals surface area contributed by atoms with Crippen LogP contribution >= 0.6 is 0 Å². The topological polar surface area (TPSA) is 27.7 Å². The molecule has 0 aromatic rings. The molecule has 0 amide bonds. The number of ether oxygens (including phenoxy) is 3. The largest absolute Gasteiger partial charge is 0.379 e. The highest BCUT2D eigenvalue weighted by Crippen LogP contribution is 1.93. The Morgan fingerprint density at radius 3 is 1.69 bits per heavy atom. The van der Waals surface area contributed by atoms with Gasteiger partial charge < -0.3 is 14.2 Å². The Kier molecular flexibility index (Phi) is 9.87. The fraction of sp³-hybridized carbons (Fsp3) is 1.00. The van der Waals surface area contributed by atoms with Gasteiger partial charge in [0.05, 0.1) is 32.5 Å². The maximum atomic E-state index is 5.19. The fourth-order valence-corrected chi connectivity index (χ4v) is 0.842. The predicted molar refractivity (Wildman–Crippen MR) is 53.0 cm³/mol. The number of rotatable bonds is 3. The highest BCUT2D eigenvalue weighted by atomic mass is 16.6. The third-order valence-corrected chi connectivity index (χ3v) is 1.77. The van der Waals surface area contributed by atoms with Crippen LogP contribution in [0.15, 0.2) is 0 Å². The summed E-state index contributed by atoms with van der Waals surface area (Å²) in [6, 6.07) is 0. The average molecular weight is 190 g/mol. The minimum absolute atomic E-state index is 0.449. The van der Waals surface area contributed by atoms with E-state index in [4.69, 9.17) is 14.2 Å². The van der Waals surface area contributed by atoms with Gasteiger partial charge in [0.2, 0.25) is 0 Å². The molecule has 0 aliphatic carbocycles. The van der Waals surface area contributed by atoms with Gasteiger partial charge in [-0.15, -0.1) is 0 Å². The van der Waals surface area contributed by atoms with Gasteiger partial charge in [-0.05, 0) is 20.3 Å². The van der Waals surface area contributed by atoms with Gasteiger partial charge in [-0.1, -0.05) is 6.92 Å². The van der Waals surface area contributed by atoms with Crippen molar-refractivity contribution in [2.75, 3.05) is 33.0 Å². The maximum Gasteiger partial charge on any atom is 0.0701 e. The number of hydrogen-bond donors (Lipinski definition) is 0. The lowest BCUT2D eigenvalue weighted by atomic mass is 10.3. The Hall–Kier alpha value is -0.120. The van der Waals surface area contributed by atoms with Crippen molar-refractivity contribution in [3.05, 3.63) is 0 Å². The van der Waals surface area contributed by atoms with Gasteiger partial charge in [0.15, 0.2) is 0 Å². The molecule has 0 aromatic heterocycles. The summed E-state index contributed by atoms with van der Waals surface area (Å²) < 4.78 is 15.1. The lowest BCUT2D eigenvalue weighted by molar-refractivity contribution is -0.0334. The first-order valence-electron chi connectivity index (χ1n) is 5.08. The van der Waals surface area contributed by atoms with Crippen LogP contribution in [0.3, 0.4) is 0 Å². The summed E-state index contributed by atoms with van der Waals surface area (Å²) >= 11 is 0. The molecule has 3 heteroatoms. The molecule has 1 atom stereocenters. The van der Waals surface area contributed by atoms with Gasteiger partial charge in [-0.3, -0.25) is 0 Å². The molecule has 1 aliphatic rings. The Morgan fingerprint density at radius 2 is 1.54 bits per heavy atom. The Bertz CT molecular complexity index is 80.7. The van der Waals surface area contributed by atoms with E-state index in [-0.39, 0.29) is 0 Å². The highest BCUT2D eigenvalue weighted by Gasteiger charge is 1.94. The smallest absolute Gasteiger partial charge is 0.0701 e. The molecule has 13 heavy (non-hydrogen) atoms. The first-order chi connectivity index (χ1) is 6.31. The van der Waals surface area contributed by atoms with E-state index < -0.39 is 0 Å². The normalized spacial score (nSPS) is 18.7. The van der Waals surface area contributed by atoms with Crippen molar-refractivity contribution >= 4 is 0 Å². The van der Waals surface area contributed by atoms with Crippen LogP contribution < -0.4 is 0 Å². The summed E-state index contributed by atoms with van der Waals surface area (Å²) in [5.74, 6) is 0. The van der Waals surface area contributed by atoms with Crippen molar-refractivity contribution in [1.29, 1.82) is 0 Å². The van der Waals surface area contributed by atoms with E-state index in [9.17, 15) is 0 Å². The van der Waals surface area contributed by atoms with Gasteiger partial charge in [0.1, 0.15) is 0 Å². The summed E-state index contributed by atoms with van der Waals surface area (Å²) in [4.78, 5) is 0. The van der Waals surface area contributed by atoms with E-state index in [1.807, 2.05) is 6.92 Å². The van der Waals surface area contributed by atoms with Crippen molar-refractivity contribution in [1.82, 2.24) is 0 Å². The van der Waals surface area contributed by atoms with Crippen molar-refractivity contribution < 1.29 is 14.2 Å². The molecule has 1 rings (SSSR count). The van der Waals surface area contributed by atoms with Gasteiger partial charge in [-0.2, -0.15) is 0 Å². The highest BCUT2D eigenvalue weighted by molar-refractivity contribution is 4.40. The second-order valence-electron chi connectivity index (χ2n) is 2.90. The minimum atomic E-state index is 0.449. The van der Waals surface area contributed by atoms with Crippen molar-refractivity contribution in [3.8, 4) is 0 Å². The van der Waals surface area contributed by atoms with Gasteiger partial charge >= 0.3 is 0 Å². The van der Waals surface area contributed by atoms with E-state index in [2.05, 4.69) is 13.8 Å². The van der Waals surface area contributed by atoms with Crippen LogP contribution in [0.25, 0.3) is 0 Å². The Morgan fingerprint density at radius 1 is 1.08 bits per heavy atom. The van der Waals surface area contributed by atoms with E-state index in [0.29, 0.717) is 6.10 Å². The van der Waals surface area contributed by atoms with Crippen LogP contribution in [0.4, 0.5) is 0 Å². The van der Waals surface area contributed by atoms with Crippen LogP contribution in [-0.2, 0) is 14.2 Å². The van der Waals surface area contributed by atoms with Crippen LogP contribution in [0, 0.1) is 0 Å². The van der Waals surface area contributed by atoms with Crippen LogP contribution in [0.1, 0.15) is 27.2 Å². The first-order valence-corrected chi connectivity index (χ1v) is 5.08. The summed E-state index contributed by atoms with van der Waals surface area (Å²) in [5.41, 5.74) is 0. The molecule has 0 spiro atoms. The Balaban J connectivity index is 0.000000223. The van der Waals surface area contributed by atoms with Gasteiger partial charge in [-0.25, -0.2) is 0 Å². The zero-order valence-electron chi connectivity index (χ0n) is 9.04. The fourth-order valence-electron chi connectivity index (χ4n) is 0.842. The quantitative estimate of drug-likeness (QED) is 0.680. The molecule has 1 fully saturated rings. The zero-order valence-corrected chi connectivity index (χ0v) is 9.04. The molecule has 0 saturated carbocycles. The minimum Gasteiger partial charge on any atom is -0.379 e. The Labute approximate surface area is 81.4 Å². The standard InChI is InChI=1S/C6H14O.C4H8O2/c1-4-6(3)7-5-2;1-2-6-4-3-5-1/h6H,4-5H2,1-3H3;1-4H2. The van der Waals surface area contributed by atoms with Gasteiger partial charge in [0, 0.05) is 6.61 Å². The summed E-state index contributed by atoms with van der Waals surface area (Å²) in [5, 5.41) is 0. The number of hydrogen-bond acceptors (Lipinski definition) is 3. The van der Waals surface area contributed by atoms with Crippen molar-refractivity contribution in [2.45, 2.75) is 33.3 Å².